The summed E-state index contributed by atoms with van der Waals surface area (Å²) in [5, 5.41) is 8.25. The summed E-state index contributed by atoms with van der Waals surface area (Å²) in [6.07, 6.45) is 0. The number of benzene rings is 2. The second kappa shape index (κ2) is 8.44. The van der Waals surface area contributed by atoms with Crippen LogP contribution in [0.15, 0.2) is 42.5 Å². The summed E-state index contributed by atoms with van der Waals surface area (Å²) >= 11 is 22.9. The third-order valence-corrected chi connectivity index (χ3v) is 3.70. The molecule has 0 radical (unpaired) electrons. The lowest BCUT2D eigenvalue weighted by molar-refractivity contribution is 0.323. The van der Waals surface area contributed by atoms with Crippen LogP contribution in [-0.2, 0) is 0 Å². The van der Waals surface area contributed by atoms with Crippen molar-refractivity contribution in [1.82, 2.24) is 5.32 Å². The molecular weight excluding hydrogens is 363 g/mol. The number of nitrogens with one attached hydrogen (secondary N) is 2. The summed E-state index contributed by atoms with van der Waals surface area (Å²) in [7, 11) is 0. The first-order valence-electron chi connectivity index (χ1n) is 6.43. The van der Waals surface area contributed by atoms with Crippen molar-refractivity contribution >= 4 is 57.8 Å². The molecule has 0 aliphatic carbocycles. The third kappa shape index (κ3) is 5.54. The maximum atomic E-state index is 6.06. The summed E-state index contributed by atoms with van der Waals surface area (Å²) in [5.74, 6) is 0.755. The number of thiocarbonyl (C=S) groups is 1. The van der Waals surface area contributed by atoms with Crippen molar-refractivity contribution in [2.24, 2.45) is 0 Å². The van der Waals surface area contributed by atoms with E-state index in [0.717, 1.165) is 5.75 Å². The van der Waals surface area contributed by atoms with Gasteiger partial charge in [0.15, 0.2) is 5.11 Å². The second-order valence-corrected chi connectivity index (χ2v) is 6.00. The lowest BCUT2D eigenvalue weighted by Gasteiger charge is -2.12. The lowest BCUT2D eigenvalue weighted by atomic mass is 10.3. The van der Waals surface area contributed by atoms with Crippen molar-refractivity contribution in [2.45, 2.75) is 0 Å². The van der Waals surface area contributed by atoms with E-state index in [-0.39, 0.29) is 0 Å². The molecule has 2 aromatic rings. The van der Waals surface area contributed by atoms with Gasteiger partial charge in [-0.25, -0.2) is 0 Å². The van der Waals surface area contributed by atoms with Gasteiger partial charge in [-0.2, -0.15) is 0 Å². The predicted molar refractivity (Wildman–Crippen MR) is 97.6 cm³/mol. The van der Waals surface area contributed by atoms with Crippen LogP contribution in [0.3, 0.4) is 0 Å². The standard InChI is InChI=1S/C15H13Cl3N2OS/c16-10-1-4-12(5-2-10)21-8-7-19-15(22)20-14-6-3-11(17)9-13(14)18/h1-6,9H,7-8H2,(H2,19,20,22). The Balaban J connectivity index is 1.72. The fourth-order valence-corrected chi connectivity index (χ4v) is 2.42. The Morgan fingerprint density at radius 2 is 1.68 bits per heavy atom. The molecule has 0 heterocycles. The van der Waals surface area contributed by atoms with Crippen LogP contribution in [0.25, 0.3) is 0 Å². The molecule has 22 heavy (non-hydrogen) atoms. The second-order valence-electron chi connectivity index (χ2n) is 4.31. The van der Waals surface area contributed by atoms with E-state index in [0.29, 0.717) is 39.0 Å². The molecule has 0 saturated heterocycles. The molecule has 0 spiro atoms. The molecule has 2 rings (SSSR count). The molecular formula is C15H13Cl3N2OS. The first-order chi connectivity index (χ1) is 10.5. The maximum Gasteiger partial charge on any atom is 0.170 e. The van der Waals surface area contributed by atoms with Crippen LogP contribution in [0.1, 0.15) is 0 Å². The maximum absolute atomic E-state index is 6.06. The Kier molecular flexibility index (Phi) is 6.58. The zero-order valence-corrected chi connectivity index (χ0v) is 14.5. The highest BCUT2D eigenvalue weighted by atomic mass is 35.5. The highest BCUT2D eigenvalue weighted by molar-refractivity contribution is 7.80. The quantitative estimate of drug-likeness (QED) is 0.568. The lowest BCUT2D eigenvalue weighted by Crippen LogP contribution is -2.32. The normalized spacial score (nSPS) is 10.1. The molecule has 3 nitrogen and oxygen atoms in total. The fourth-order valence-electron chi connectivity index (χ4n) is 1.62. The molecule has 0 saturated carbocycles. The number of halogens is 3. The summed E-state index contributed by atoms with van der Waals surface area (Å²) in [5.41, 5.74) is 0.696. The van der Waals surface area contributed by atoms with Crippen molar-refractivity contribution in [3.05, 3.63) is 57.5 Å². The van der Waals surface area contributed by atoms with Crippen molar-refractivity contribution in [1.29, 1.82) is 0 Å². The van der Waals surface area contributed by atoms with Gasteiger partial charge in [-0.15, -0.1) is 0 Å². The van der Waals surface area contributed by atoms with Gasteiger partial charge in [0.2, 0.25) is 0 Å². The predicted octanol–water partition coefficient (Wildman–Crippen LogP) is 5.01. The molecule has 0 aliphatic rings. The molecule has 0 bridgehead atoms. The van der Waals surface area contributed by atoms with E-state index in [1.54, 1.807) is 30.3 Å². The van der Waals surface area contributed by atoms with Crippen molar-refractivity contribution < 1.29 is 4.74 Å². The Morgan fingerprint density at radius 1 is 1.00 bits per heavy atom. The Bertz CT molecular complexity index is 650. The zero-order valence-electron chi connectivity index (χ0n) is 11.4. The molecule has 0 atom stereocenters. The SMILES string of the molecule is S=C(NCCOc1ccc(Cl)cc1)Nc1ccc(Cl)cc1Cl. The smallest absolute Gasteiger partial charge is 0.170 e. The Morgan fingerprint density at radius 3 is 2.36 bits per heavy atom. The fraction of sp³-hybridized carbons (Fsp3) is 0.133. The summed E-state index contributed by atoms with van der Waals surface area (Å²) in [4.78, 5) is 0. The number of anilines is 1. The van der Waals surface area contributed by atoms with Crippen LogP contribution in [0.5, 0.6) is 5.75 Å². The minimum absolute atomic E-state index is 0.462. The molecule has 7 heteroatoms. The summed E-state index contributed by atoms with van der Waals surface area (Å²) < 4.78 is 5.55. The molecule has 0 aromatic heterocycles. The number of hydrogen-bond acceptors (Lipinski definition) is 2. The molecule has 0 aliphatic heterocycles. The van der Waals surface area contributed by atoms with E-state index >= 15 is 0 Å². The van der Waals surface area contributed by atoms with Crippen LogP contribution in [0.2, 0.25) is 15.1 Å². The van der Waals surface area contributed by atoms with E-state index in [2.05, 4.69) is 10.6 Å². The minimum atomic E-state index is 0.462. The molecule has 0 fully saturated rings. The molecule has 0 amide bonds. The minimum Gasteiger partial charge on any atom is -0.492 e. The zero-order chi connectivity index (χ0) is 15.9. The van der Waals surface area contributed by atoms with Crippen molar-refractivity contribution in [3.8, 4) is 5.75 Å². The van der Waals surface area contributed by atoms with E-state index in [4.69, 9.17) is 51.8 Å². The largest absolute Gasteiger partial charge is 0.492 e. The Labute approximate surface area is 149 Å². The van der Waals surface area contributed by atoms with Gasteiger partial charge in [-0.1, -0.05) is 34.8 Å². The molecule has 2 N–H and O–H groups in total. The van der Waals surface area contributed by atoms with Gasteiger partial charge in [0.05, 0.1) is 17.3 Å². The van der Waals surface area contributed by atoms with E-state index in [1.807, 2.05) is 12.1 Å². The molecule has 2 aromatic carbocycles. The average Bonchev–Trinajstić information content (AvgIpc) is 2.48. The van der Waals surface area contributed by atoms with Crippen molar-refractivity contribution in [3.63, 3.8) is 0 Å². The van der Waals surface area contributed by atoms with Crippen LogP contribution in [0, 0.1) is 0 Å². The van der Waals surface area contributed by atoms with Gasteiger partial charge in [0.25, 0.3) is 0 Å². The monoisotopic (exact) mass is 374 g/mol. The highest BCUT2D eigenvalue weighted by Gasteiger charge is 2.03. The summed E-state index contributed by atoms with van der Waals surface area (Å²) in [6.45, 7) is 1.03. The topological polar surface area (TPSA) is 33.3 Å². The number of hydrogen-bond donors (Lipinski definition) is 2. The van der Waals surface area contributed by atoms with Crippen LogP contribution in [0.4, 0.5) is 5.69 Å². The number of ether oxygens (including phenoxy) is 1. The first kappa shape index (κ1) is 17.2. The van der Waals surface area contributed by atoms with Crippen LogP contribution >= 0.6 is 47.0 Å². The van der Waals surface area contributed by atoms with Gasteiger partial charge in [-0.05, 0) is 54.7 Å². The van der Waals surface area contributed by atoms with Crippen molar-refractivity contribution in [2.75, 3.05) is 18.5 Å². The van der Waals surface area contributed by atoms with Gasteiger partial charge in [-0.3, -0.25) is 0 Å². The molecule has 0 unspecified atom stereocenters. The van der Waals surface area contributed by atoms with E-state index in [9.17, 15) is 0 Å². The van der Waals surface area contributed by atoms with Gasteiger partial charge in [0, 0.05) is 10.0 Å². The number of rotatable bonds is 5. The van der Waals surface area contributed by atoms with E-state index in [1.165, 1.54) is 0 Å². The molecule has 116 valence electrons. The first-order valence-corrected chi connectivity index (χ1v) is 7.97. The van der Waals surface area contributed by atoms with Crippen LogP contribution in [-0.4, -0.2) is 18.3 Å². The van der Waals surface area contributed by atoms with Gasteiger partial charge < -0.3 is 15.4 Å². The van der Waals surface area contributed by atoms with Gasteiger partial charge in [0.1, 0.15) is 12.4 Å². The highest BCUT2D eigenvalue weighted by Crippen LogP contribution is 2.25. The Hall–Kier alpha value is -1.20. The average molecular weight is 376 g/mol. The van der Waals surface area contributed by atoms with Crippen LogP contribution < -0.4 is 15.4 Å². The summed E-state index contributed by atoms with van der Waals surface area (Å²) in [6, 6.07) is 12.3. The van der Waals surface area contributed by atoms with E-state index < -0.39 is 0 Å². The van der Waals surface area contributed by atoms with Gasteiger partial charge >= 0.3 is 0 Å². The third-order valence-electron chi connectivity index (χ3n) is 2.65.